The molecule has 0 aromatic heterocycles. The molecule has 0 saturated heterocycles. The lowest BCUT2D eigenvalue weighted by atomic mass is 10.0. The first-order valence-electron chi connectivity index (χ1n) is 5.73. The van der Waals surface area contributed by atoms with Gasteiger partial charge in [-0.3, -0.25) is 0 Å². The van der Waals surface area contributed by atoms with Gasteiger partial charge in [0.25, 0.3) is 0 Å². The van der Waals surface area contributed by atoms with E-state index in [4.69, 9.17) is 5.11 Å². The molecule has 1 rings (SSSR count). The van der Waals surface area contributed by atoms with Crippen LogP contribution in [0.25, 0.3) is 6.08 Å². The second-order valence-electron chi connectivity index (χ2n) is 3.83. The molecular weight excluding hydrogens is 200 g/mol. The molecule has 1 N–H and O–H groups in total. The van der Waals surface area contributed by atoms with Crippen molar-refractivity contribution in [2.75, 3.05) is 0 Å². The Kier molecular flexibility index (Phi) is 5.34. The van der Waals surface area contributed by atoms with Crippen molar-refractivity contribution in [1.29, 1.82) is 0 Å². The number of hydrogen-bond donors (Lipinski definition) is 1. The standard InChI is InChI=1S/C14H18O2/c1-2-3-4-7-12-8-5-6-9-13(12)10-11-14(15)16/h5-6,8-11H,2-4,7H2,1H3,(H,15,16). The molecule has 0 atom stereocenters. The third-order valence-corrected chi connectivity index (χ3v) is 2.51. The van der Waals surface area contributed by atoms with Crippen molar-refractivity contribution in [1.82, 2.24) is 0 Å². The lowest BCUT2D eigenvalue weighted by Crippen LogP contribution is -1.91. The van der Waals surface area contributed by atoms with Gasteiger partial charge in [0.15, 0.2) is 0 Å². The van der Waals surface area contributed by atoms with Gasteiger partial charge in [0, 0.05) is 6.08 Å². The van der Waals surface area contributed by atoms with E-state index in [1.54, 1.807) is 6.08 Å². The molecule has 86 valence electrons. The summed E-state index contributed by atoms with van der Waals surface area (Å²) in [6.07, 6.45) is 7.47. The predicted octanol–water partition coefficient (Wildman–Crippen LogP) is 3.52. The molecule has 0 bridgehead atoms. The van der Waals surface area contributed by atoms with Crippen LogP contribution in [-0.4, -0.2) is 11.1 Å². The van der Waals surface area contributed by atoms with Gasteiger partial charge in [-0.25, -0.2) is 4.79 Å². The Bertz CT molecular complexity index is 367. The predicted molar refractivity (Wildman–Crippen MR) is 66.3 cm³/mol. The molecule has 0 saturated carbocycles. The quantitative estimate of drug-likeness (QED) is 0.586. The zero-order chi connectivity index (χ0) is 11.8. The number of carboxylic acid groups (broad SMARTS) is 1. The van der Waals surface area contributed by atoms with Gasteiger partial charge in [-0.15, -0.1) is 0 Å². The van der Waals surface area contributed by atoms with Crippen molar-refractivity contribution in [3.05, 3.63) is 41.5 Å². The van der Waals surface area contributed by atoms with Gasteiger partial charge >= 0.3 is 5.97 Å². The number of benzene rings is 1. The van der Waals surface area contributed by atoms with Crippen LogP contribution in [0.5, 0.6) is 0 Å². The molecule has 0 unspecified atom stereocenters. The van der Waals surface area contributed by atoms with Crippen LogP contribution in [0.4, 0.5) is 0 Å². The van der Waals surface area contributed by atoms with Gasteiger partial charge in [0.1, 0.15) is 0 Å². The fourth-order valence-electron chi connectivity index (χ4n) is 1.65. The Balaban J connectivity index is 2.71. The molecule has 16 heavy (non-hydrogen) atoms. The number of hydrogen-bond acceptors (Lipinski definition) is 1. The van der Waals surface area contributed by atoms with E-state index < -0.39 is 5.97 Å². The summed E-state index contributed by atoms with van der Waals surface area (Å²) in [7, 11) is 0. The van der Waals surface area contributed by atoms with Crippen LogP contribution < -0.4 is 0 Å². The Morgan fingerprint density at radius 3 is 2.75 bits per heavy atom. The number of aliphatic carboxylic acids is 1. The van der Waals surface area contributed by atoms with E-state index >= 15 is 0 Å². The SMILES string of the molecule is CCCCCc1ccccc1C=CC(=O)O. The number of carboxylic acids is 1. The van der Waals surface area contributed by atoms with Crippen molar-refractivity contribution in [2.45, 2.75) is 32.6 Å². The Hall–Kier alpha value is -1.57. The van der Waals surface area contributed by atoms with Crippen molar-refractivity contribution in [3.63, 3.8) is 0 Å². The van der Waals surface area contributed by atoms with Gasteiger partial charge in [0.05, 0.1) is 0 Å². The molecule has 1 aromatic carbocycles. The van der Waals surface area contributed by atoms with Gasteiger partial charge in [-0.1, -0.05) is 44.0 Å². The molecular formula is C14H18O2. The Morgan fingerprint density at radius 2 is 2.06 bits per heavy atom. The first-order valence-corrected chi connectivity index (χ1v) is 5.73. The second kappa shape index (κ2) is 6.83. The first kappa shape index (κ1) is 12.5. The van der Waals surface area contributed by atoms with E-state index in [-0.39, 0.29) is 0 Å². The highest BCUT2D eigenvalue weighted by Gasteiger charge is 1.98. The minimum atomic E-state index is -0.900. The van der Waals surface area contributed by atoms with Gasteiger partial charge in [0.2, 0.25) is 0 Å². The number of carbonyl (C=O) groups is 1. The van der Waals surface area contributed by atoms with Crippen LogP contribution >= 0.6 is 0 Å². The highest BCUT2D eigenvalue weighted by atomic mass is 16.4. The van der Waals surface area contributed by atoms with E-state index in [2.05, 4.69) is 13.0 Å². The highest BCUT2D eigenvalue weighted by Crippen LogP contribution is 2.14. The zero-order valence-corrected chi connectivity index (χ0v) is 9.65. The van der Waals surface area contributed by atoms with Crippen molar-refractivity contribution in [3.8, 4) is 0 Å². The molecule has 0 aliphatic heterocycles. The zero-order valence-electron chi connectivity index (χ0n) is 9.65. The minimum Gasteiger partial charge on any atom is -0.478 e. The van der Waals surface area contributed by atoms with Crippen LogP contribution in [0.15, 0.2) is 30.3 Å². The van der Waals surface area contributed by atoms with E-state index in [1.165, 1.54) is 24.5 Å². The van der Waals surface area contributed by atoms with Crippen molar-refractivity contribution < 1.29 is 9.90 Å². The van der Waals surface area contributed by atoms with E-state index in [9.17, 15) is 4.79 Å². The molecule has 0 radical (unpaired) electrons. The Morgan fingerprint density at radius 1 is 1.31 bits per heavy atom. The molecule has 1 aromatic rings. The second-order valence-corrected chi connectivity index (χ2v) is 3.83. The summed E-state index contributed by atoms with van der Waals surface area (Å²) >= 11 is 0. The van der Waals surface area contributed by atoms with Gasteiger partial charge in [-0.05, 0) is 30.0 Å². The summed E-state index contributed by atoms with van der Waals surface area (Å²) in [6.45, 7) is 2.18. The highest BCUT2D eigenvalue weighted by molar-refractivity contribution is 5.85. The fraction of sp³-hybridized carbons (Fsp3) is 0.357. The normalized spacial score (nSPS) is 10.8. The van der Waals surface area contributed by atoms with Crippen LogP contribution in [0, 0.1) is 0 Å². The largest absolute Gasteiger partial charge is 0.478 e. The topological polar surface area (TPSA) is 37.3 Å². The molecule has 2 heteroatoms. The summed E-state index contributed by atoms with van der Waals surface area (Å²) in [6, 6.07) is 7.96. The lowest BCUT2D eigenvalue weighted by Gasteiger charge is -2.04. The smallest absolute Gasteiger partial charge is 0.328 e. The molecule has 0 aliphatic carbocycles. The number of rotatable bonds is 6. The van der Waals surface area contributed by atoms with E-state index in [1.807, 2.05) is 18.2 Å². The maximum Gasteiger partial charge on any atom is 0.328 e. The van der Waals surface area contributed by atoms with Gasteiger partial charge in [-0.2, -0.15) is 0 Å². The average molecular weight is 218 g/mol. The maximum absolute atomic E-state index is 10.5. The van der Waals surface area contributed by atoms with Crippen molar-refractivity contribution >= 4 is 12.0 Å². The maximum atomic E-state index is 10.5. The number of aryl methyl sites for hydroxylation is 1. The van der Waals surface area contributed by atoms with Gasteiger partial charge < -0.3 is 5.11 Å². The first-order chi connectivity index (χ1) is 7.74. The molecule has 0 amide bonds. The van der Waals surface area contributed by atoms with Crippen LogP contribution in [0.1, 0.15) is 37.3 Å². The van der Waals surface area contributed by atoms with Crippen LogP contribution in [0.2, 0.25) is 0 Å². The van der Waals surface area contributed by atoms with Crippen molar-refractivity contribution in [2.24, 2.45) is 0 Å². The fourth-order valence-corrected chi connectivity index (χ4v) is 1.65. The average Bonchev–Trinajstić information content (AvgIpc) is 2.28. The third-order valence-electron chi connectivity index (χ3n) is 2.51. The molecule has 2 nitrogen and oxygen atoms in total. The molecule has 0 spiro atoms. The summed E-state index contributed by atoms with van der Waals surface area (Å²) in [5.74, 6) is -0.900. The molecule has 0 heterocycles. The minimum absolute atomic E-state index is 0.900. The summed E-state index contributed by atoms with van der Waals surface area (Å²) in [5, 5.41) is 8.59. The summed E-state index contributed by atoms with van der Waals surface area (Å²) in [4.78, 5) is 10.5. The number of unbranched alkanes of at least 4 members (excludes halogenated alkanes) is 2. The monoisotopic (exact) mass is 218 g/mol. The van der Waals surface area contributed by atoms with E-state index in [0.717, 1.165) is 18.4 Å². The lowest BCUT2D eigenvalue weighted by molar-refractivity contribution is -0.131. The Labute approximate surface area is 96.6 Å². The molecule has 0 fully saturated rings. The summed E-state index contributed by atoms with van der Waals surface area (Å²) in [5.41, 5.74) is 2.24. The van der Waals surface area contributed by atoms with Crippen LogP contribution in [-0.2, 0) is 11.2 Å². The van der Waals surface area contributed by atoms with E-state index in [0.29, 0.717) is 0 Å². The molecule has 0 aliphatic rings. The third kappa shape index (κ3) is 4.30. The van der Waals surface area contributed by atoms with Crippen LogP contribution in [0.3, 0.4) is 0 Å². The summed E-state index contributed by atoms with van der Waals surface area (Å²) < 4.78 is 0.